The lowest BCUT2D eigenvalue weighted by atomic mass is 10.2. The molecule has 0 N–H and O–H groups in total. The summed E-state index contributed by atoms with van der Waals surface area (Å²) in [7, 11) is 0. The van der Waals surface area contributed by atoms with Gasteiger partial charge in [0.25, 0.3) is 0 Å². The van der Waals surface area contributed by atoms with Crippen LogP contribution in [0, 0.1) is 11.3 Å². The Kier molecular flexibility index (Phi) is 2.79. The van der Waals surface area contributed by atoms with Gasteiger partial charge < -0.3 is 0 Å². The van der Waals surface area contributed by atoms with Crippen molar-refractivity contribution in [3.05, 3.63) is 35.2 Å². The molecule has 0 radical (unpaired) electrons. The Morgan fingerprint density at radius 2 is 2.20 bits per heavy atom. The second kappa shape index (κ2) is 4.24. The Balaban J connectivity index is 2.29. The minimum Gasteiger partial charge on any atom is -0.293 e. The third-order valence-electron chi connectivity index (χ3n) is 2.16. The third kappa shape index (κ3) is 2.05. The molecule has 74 valence electrons. The van der Waals surface area contributed by atoms with E-state index >= 15 is 0 Å². The predicted octanol–water partition coefficient (Wildman–Crippen LogP) is 3.39. The van der Waals surface area contributed by atoms with Gasteiger partial charge in [0.2, 0.25) is 0 Å². The Morgan fingerprint density at radius 1 is 1.40 bits per heavy atom. The number of Topliss-reactive ketones (excluding diaryl/α,β-unsaturated/α-hetero) is 1. The summed E-state index contributed by atoms with van der Waals surface area (Å²) in [6.45, 7) is 0. The van der Waals surface area contributed by atoms with Crippen molar-refractivity contribution >= 4 is 27.2 Å². The predicted molar refractivity (Wildman–Crippen MR) is 61.0 cm³/mol. The van der Waals surface area contributed by atoms with Crippen molar-refractivity contribution in [2.24, 2.45) is 0 Å². The first-order valence-corrected chi connectivity index (χ1v) is 5.51. The minimum absolute atomic E-state index is 0.0674. The maximum absolute atomic E-state index is 11.6. The monoisotopic (exact) mass is 215 g/mol. The van der Waals surface area contributed by atoms with E-state index in [-0.39, 0.29) is 5.78 Å². The van der Waals surface area contributed by atoms with E-state index < -0.39 is 0 Å². The molecule has 2 nitrogen and oxygen atoms in total. The second-order valence-electron chi connectivity index (χ2n) is 3.23. The molecule has 3 heteroatoms. The van der Waals surface area contributed by atoms with Crippen LogP contribution in [0.3, 0.4) is 0 Å². The maximum atomic E-state index is 11.6. The highest BCUT2D eigenvalue weighted by molar-refractivity contribution is 7.20. The van der Waals surface area contributed by atoms with E-state index in [1.807, 2.05) is 36.4 Å². The number of thiophene rings is 1. The van der Waals surface area contributed by atoms with Crippen LogP contribution in [-0.4, -0.2) is 5.78 Å². The lowest BCUT2D eigenvalue weighted by molar-refractivity contribution is 0.0988. The van der Waals surface area contributed by atoms with Gasteiger partial charge in [-0.25, -0.2) is 0 Å². The molecule has 0 aliphatic rings. The summed E-state index contributed by atoms with van der Waals surface area (Å²) < 4.78 is 1.12. The van der Waals surface area contributed by atoms with Crippen LogP contribution in [0.2, 0.25) is 0 Å². The zero-order chi connectivity index (χ0) is 10.7. The normalized spacial score (nSPS) is 10.1. The van der Waals surface area contributed by atoms with Gasteiger partial charge in [-0.1, -0.05) is 18.2 Å². The quantitative estimate of drug-likeness (QED) is 0.736. The van der Waals surface area contributed by atoms with Crippen LogP contribution in [0.5, 0.6) is 0 Å². The molecule has 0 aliphatic heterocycles. The molecule has 2 aromatic rings. The van der Waals surface area contributed by atoms with Crippen molar-refractivity contribution in [2.75, 3.05) is 0 Å². The topological polar surface area (TPSA) is 40.9 Å². The Bertz CT molecular complexity index is 503. The number of rotatable bonds is 3. The van der Waals surface area contributed by atoms with Crippen molar-refractivity contribution in [2.45, 2.75) is 12.8 Å². The molecule has 1 aromatic heterocycles. The number of nitrogens with zero attached hydrogens (tertiary/aromatic N) is 1. The van der Waals surface area contributed by atoms with Gasteiger partial charge >= 0.3 is 0 Å². The van der Waals surface area contributed by atoms with Crippen molar-refractivity contribution in [3.63, 3.8) is 0 Å². The van der Waals surface area contributed by atoms with E-state index in [0.717, 1.165) is 15.0 Å². The zero-order valence-electron chi connectivity index (χ0n) is 8.06. The fourth-order valence-electron chi connectivity index (χ4n) is 1.41. The van der Waals surface area contributed by atoms with Crippen molar-refractivity contribution in [3.8, 4) is 6.07 Å². The average molecular weight is 215 g/mol. The van der Waals surface area contributed by atoms with Crippen LogP contribution >= 0.6 is 11.3 Å². The molecular weight excluding hydrogens is 206 g/mol. The standard InChI is InChI=1S/C12H9NOS/c13-7-3-5-10(14)12-8-9-4-1-2-6-11(9)15-12/h1-2,4,6,8H,3,5H2. The summed E-state index contributed by atoms with van der Waals surface area (Å²) in [4.78, 5) is 12.4. The van der Waals surface area contributed by atoms with E-state index in [9.17, 15) is 4.79 Å². The smallest absolute Gasteiger partial charge is 0.173 e. The SMILES string of the molecule is N#CCCC(=O)c1cc2ccccc2s1. The van der Waals surface area contributed by atoms with Gasteiger partial charge in [-0.05, 0) is 17.5 Å². The Labute approximate surface area is 91.8 Å². The molecule has 2 rings (SSSR count). The highest BCUT2D eigenvalue weighted by atomic mass is 32.1. The average Bonchev–Trinajstić information content (AvgIpc) is 2.69. The molecule has 1 aromatic carbocycles. The Morgan fingerprint density at radius 3 is 2.93 bits per heavy atom. The molecule has 0 amide bonds. The van der Waals surface area contributed by atoms with Crippen LogP contribution in [0.25, 0.3) is 10.1 Å². The molecule has 0 saturated heterocycles. The molecule has 0 atom stereocenters. The highest BCUT2D eigenvalue weighted by Crippen LogP contribution is 2.26. The second-order valence-corrected chi connectivity index (χ2v) is 4.31. The van der Waals surface area contributed by atoms with Gasteiger partial charge in [0.05, 0.1) is 10.9 Å². The summed E-state index contributed by atoms with van der Waals surface area (Å²) in [5, 5.41) is 9.50. The number of hydrogen-bond acceptors (Lipinski definition) is 3. The first-order valence-electron chi connectivity index (χ1n) is 4.70. The molecule has 1 heterocycles. The maximum Gasteiger partial charge on any atom is 0.173 e. The zero-order valence-corrected chi connectivity index (χ0v) is 8.88. The summed E-state index contributed by atoms with van der Waals surface area (Å²) >= 11 is 1.50. The van der Waals surface area contributed by atoms with Gasteiger partial charge in [0, 0.05) is 17.5 Å². The van der Waals surface area contributed by atoms with Crippen molar-refractivity contribution in [1.29, 1.82) is 5.26 Å². The van der Waals surface area contributed by atoms with Gasteiger partial charge in [-0.2, -0.15) is 5.26 Å². The molecular formula is C12H9NOS. The van der Waals surface area contributed by atoms with Crippen LogP contribution in [0.1, 0.15) is 22.5 Å². The van der Waals surface area contributed by atoms with Gasteiger partial charge in [0.15, 0.2) is 5.78 Å². The first-order chi connectivity index (χ1) is 7.31. The lowest BCUT2D eigenvalue weighted by Gasteiger charge is -1.89. The van der Waals surface area contributed by atoms with E-state index in [2.05, 4.69) is 0 Å². The number of hydrogen-bond donors (Lipinski definition) is 0. The van der Waals surface area contributed by atoms with Crippen LogP contribution in [-0.2, 0) is 0 Å². The largest absolute Gasteiger partial charge is 0.293 e. The minimum atomic E-state index is 0.0674. The number of carbonyl (C=O) groups excluding carboxylic acids is 1. The number of carbonyl (C=O) groups is 1. The van der Waals surface area contributed by atoms with Gasteiger partial charge in [-0.3, -0.25) is 4.79 Å². The number of ketones is 1. The third-order valence-corrected chi connectivity index (χ3v) is 3.32. The van der Waals surface area contributed by atoms with E-state index in [4.69, 9.17) is 5.26 Å². The fraction of sp³-hybridized carbons (Fsp3) is 0.167. The molecule has 0 saturated carbocycles. The van der Waals surface area contributed by atoms with Crippen LogP contribution in [0.15, 0.2) is 30.3 Å². The summed E-state index contributed by atoms with van der Waals surface area (Å²) in [6, 6.07) is 11.8. The number of nitriles is 1. The fourth-order valence-corrected chi connectivity index (χ4v) is 2.44. The summed E-state index contributed by atoms with van der Waals surface area (Å²) in [5.41, 5.74) is 0. The van der Waals surface area contributed by atoms with Gasteiger partial charge in [0.1, 0.15) is 0 Å². The van der Waals surface area contributed by atoms with Crippen molar-refractivity contribution < 1.29 is 4.79 Å². The van der Waals surface area contributed by atoms with Crippen LogP contribution < -0.4 is 0 Å². The van der Waals surface area contributed by atoms with E-state index in [1.165, 1.54) is 11.3 Å². The molecule has 0 bridgehead atoms. The summed E-state index contributed by atoms with van der Waals surface area (Å²) in [6.07, 6.45) is 0.621. The van der Waals surface area contributed by atoms with Crippen LogP contribution in [0.4, 0.5) is 0 Å². The lowest BCUT2D eigenvalue weighted by Crippen LogP contribution is -1.93. The Hall–Kier alpha value is -1.66. The molecule has 0 aliphatic carbocycles. The van der Waals surface area contributed by atoms with Crippen molar-refractivity contribution in [1.82, 2.24) is 0 Å². The number of fused-ring (bicyclic) bond motifs is 1. The molecule has 0 spiro atoms. The molecule has 0 unspecified atom stereocenters. The van der Waals surface area contributed by atoms with E-state index in [1.54, 1.807) is 0 Å². The summed E-state index contributed by atoms with van der Waals surface area (Å²) in [5.74, 6) is 0.0674. The number of benzene rings is 1. The van der Waals surface area contributed by atoms with E-state index in [0.29, 0.717) is 12.8 Å². The molecule has 0 fully saturated rings. The van der Waals surface area contributed by atoms with Gasteiger partial charge in [-0.15, -0.1) is 11.3 Å². The molecule has 15 heavy (non-hydrogen) atoms. The first kappa shape index (κ1) is 9.88. The highest BCUT2D eigenvalue weighted by Gasteiger charge is 2.09.